The summed E-state index contributed by atoms with van der Waals surface area (Å²) in [6.07, 6.45) is 1.65. The van der Waals surface area contributed by atoms with Gasteiger partial charge < -0.3 is 5.32 Å². The number of pyridine rings is 1. The molecule has 0 aliphatic rings. The van der Waals surface area contributed by atoms with Crippen molar-refractivity contribution < 1.29 is 4.79 Å². The summed E-state index contributed by atoms with van der Waals surface area (Å²) in [4.78, 5) is 27.3. The number of likely N-dealkylation sites (N-methyl/N-ethyl adjacent to an activating group) is 1. The van der Waals surface area contributed by atoms with Crippen LogP contribution in [-0.4, -0.2) is 27.2 Å². The molecule has 6 heteroatoms. The Labute approximate surface area is 110 Å². The van der Waals surface area contributed by atoms with Gasteiger partial charge in [0.25, 0.3) is 5.56 Å². The van der Waals surface area contributed by atoms with E-state index in [1.807, 2.05) is 13.0 Å². The molecule has 0 aromatic carbocycles. The summed E-state index contributed by atoms with van der Waals surface area (Å²) in [6.45, 7) is 2.25. The van der Waals surface area contributed by atoms with Crippen LogP contribution in [0.5, 0.6) is 0 Å². The summed E-state index contributed by atoms with van der Waals surface area (Å²) in [5.41, 5.74) is 0.905. The molecule has 0 atom stereocenters. The van der Waals surface area contributed by atoms with Gasteiger partial charge in [0.05, 0.1) is 5.69 Å². The van der Waals surface area contributed by atoms with Crippen molar-refractivity contribution in [1.82, 2.24) is 20.1 Å². The van der Waals surface area contributed by atoms with Gasteiger partial charge in [-0.15, -0.1) is 0 Å². The second kappa shape index (κ2) is 5.90. The third-order valence-electron chi connectivity index (χ3n) is 2.46. The molecule has 98 valence electrons. The number of rotatable bonds is 4. The Kier molecular flexibility index (Phi) is 4.02. The second-order valence-corrected chi connectivity index (χ2v) is 3.88. The number of aromatic nitrogens is 3. The average Bonchev–Trinajstić information content (AvgIpc) is 2.42. The fraction of sp³-hybridized carbons (Fsp3) is 0.231. The van der Waals surface area contributed by atoms with Crippen LogP contribution >= 0.6 is 0 Å². The molecule has 2 aromatic rings. The van der Waals surface area contributed by atoms with Gasteiger partial charge in [0.1, 0.15) is 12.2 Å². The van der Waals surface area contributed by atoms with Crippen molar-refractivity contribution in [2.24, 2.45) is 0 Å². The summed E-state index contributed by atoms with van der Waals surface area (Å²) in [5.74, 6) is -0.240. The van der Waals surface area contributed by atoms with E-state index in [1.54, 1.807) is 24.4 Å². The average molecular weight is 258 g/mol. The number of carbonyl (C=O) groups excluding carboxylic acids is 1. The Morgan fingerprint density at radius 1 is 1.26 bits per heavy atom. The molecule has 19 heavy (non-hydrogen) atoms. The number of hydrogen-bond acceptors (Lipinski definition) is 4. The molecule has 0 radical (unpaired) electrons. The molecule has 0 bridgehead atoms. The van der Waals surface area contributed by atoms with Crippen LogP contribution in [0.2, 0.25) is 0 Å². The quantitative estimate of drug-likeness (QED) is 0.863. The lowest BCUT2D eigenvalue weighted by Gasteiger charge is -2.06. The van der Waals surface area contributed by atoms with Crippen molar-refractivity contribution in [1.29, 1.82) is 0 Å². The van der Waals surface area contributed by atoms with E-state index in [9.17, 15) is 9.59 Å². The maximum atomic E-state index is 11.6. The second-order valence-electron chi connectivity index (χ2n) is 3.88. The molecule has 0 spiro atoms. The molecule has 0 aliphatic heterocycles. The molecule has 0 fully saturated rings. The van der Waals surface area contributed by atoms with Gasteiger partial charge in [-0.05, 0) is 25.1 Å². The molecule has 2 rings (SSSR count). The Morgan fingerprint density at radius 2 is 2.11 bits per heavy atom. The smallest absolute Gasteiger partial charge is 0.267 e. The predicted octanol–water partition coefficient (Wildman–Crippen LogP) is 0.441. The van der Waals surface area contributed by atoms with Gasteiger partial charge in [0.15, 0.2) is 0 Å². The van der Waals surface area contributed by atoms with Crippen LogP contribution in [0.3, 0.4) is 0 Å². The van der Waals surface area contributed by atoms with E-state index < -0.39 is 0 Å². The summed E-state index contributed by atoms with van der Waals surface area (Å²) < 4.78 is 1.13. The minimum Gasteiger partial charge on any atom is -0.355 e. The van der Waals surface area contributed by atoms with Crippen molar-refractivity contribution in [3.8, 4) is 11.4 Å². The van der Waals surface area contributed by atoms with Crippen LogP contribution in [0, 0.1) is 0 Å². The third kappa shape index (κ3) is 3.25. The van der Waals surface area contributed by atoms with Crippen molar-refractivity contribution in [3.05, 3.63) is 46.9 Å². The van der Waals surface area contributed by atoms with Gasteiger partial charge in [0.2, 0.25) is 5.91 Å². The lowest BCUT2D eigenvalue weighted by molar-refractivity contribution is -0.121. The molecule has 2 heterocycles. The zero-order chi connectivity index (χ0) is 13.7. The van der Waals surface area contributed by atoms with Crippen molar-refractivity contribution in [2.45, 2.75) is 13.5 Å². The highest BCUT2D eigenvalue weighted by Crippen LogP contribution is 2.10. The van der Waals surface area contributed by atoms with Crippen LogP contribution in [0.15, 0.2) is 41.3 Å². The van der Waals surface area contributed by atoms with E-state index in [0.717, 1.165) is 4.68 Å². The topological polar surface area (TPSA) is 76.9 Å². The number of nitrogens with one attached hydrogen (secondary N) is 1. The molecule has 6 nitrogen and oxygen atoms in total. The normalized spacial score (nSPS) is 10.2. The summed E-state index contributed by atoms with van der Waals surface area (Å²) in [7, 11) is 0. The Balaban J connectivity index is 2.30. The van der Waals surface area contributed by atoms with Gasteiger partial charge in [-0.1, -0.05) is 6.07 Å². The Hall–Kier alpha value is -2.50. The Morgan fingerprint density at radius 3 is 2.79 bits per heavy atom. The first-order chi connectivity index (χ1) is 9.20. The molecule has 2 aromatic heterocycles. The summed E-state index contributed by atoms with van der Waals surface area (Å²) >= 11 is 0. The molecule has 1 amide bonds. The van der Waals surface area contributed by atoms with E-state index in [0.29, 0.717) is 17.9 Å². The van der Waals surface area contributed by atoms with Crippen molar-refractivity contribution in [2.75, 3.05) is 6.54 Å². The monoisotopic (exact) mass is 258 g/mol. The lowest BCUT2D eigenvalue weighted by atomic mass is 10.2. The van der Waals surface area contributed by atoms with E-state index in [2.05, 4.69) is 15.4 Å². The largest absolute Gasteiger partial charge is 0.355 e. The highest BCUT2D eigenvalue weighted by atomic mass is 16.2. The summed E-state index contributed by atoms with van der Waals surface area (Å²) in [6, 6.07) is 8.41. The molecule has 0 saturated heterocycles. The molecule has 0 aliphatic carbocycles. The maximum absolute atomic E-state index is 11.6. The molecular weight excluding hydrogens is 244 g/mol. The van der Waals surface area contributed by atoms with Crippen LogP contribution < -0.4 is 10.9 Å². The van der Waals surface area contributed by atoms with Gasteiger partial charge >= 0.3 is 0 Å². The van der Waals surface area contributed by atoms with Gasteiger partial charge in [-0.25, -0.2) is 4.68 Å². The Bertz CT molecular complexity index is 622. The number of hydrogen-bond donors (Lipinski definition) is 1. The standard InChI is InChI=1S/C13H14N4O2/c1-2-14-12(18)9-17-13(19)7-6-11(16-17)10-5-3-4-8-15-10/h3-8H,2,9H2,1H3,(H,14,18). The first kappa shape index (κ1) is 12.9. The number of nitrogens with zero attached hydrogens (tertiary/aromatic N) is 3. The van der Waals surface area contributed by atoms with Gasteiger partial charge in [-0.2, -0.15) is 5.10 Å². The highest BCUT2D eigenvalue weighted by molar-refractivity contribution is 5.75. The van der Waals surface area contributed by atoms with Gasteiger partial charge in [-0.3, -0.25) is 14.6 Å². The van der Waals surface area contributed by atoms with E-state index >= 15 is 0 Å². The van der Waals surface area contributed by atoms with Crippen LogP contribution in [0.25, 0.3) is 11.4 Å². The number of amides is 1. The van der Waals surface area contributed by atoms with Crippen molar-refractivity contribution >= 4 is 5.91 Å². The lowest BCUT2D eigenvalue weighted by Crippen LogP contribution is -2.33. The first-order valence-electron chi connectivity index (χ1n) is 5.97. The van der Waals surface area contributed by atoms with E-state index in [1.165, 1.54) is 6.07 Å². The maximum Gasteiger partial charge on any atom is 0.267 e. The SMILES string of the molecule is CCNC(=O)Cn1nc(-c2ccccn2)ccc1=O. The minimum absolute atomic E-state index is 0.0899. The zero-order valence-corrected chi connectivity index (χ0v) is 10.5. The van der Waals surface area contributed by atoms with Gasteiger partial charge in [0, 0.05) is 18.8 Å². The van der Waals surface area contributed by atoms with E-state index in [4.69, 9.17) is 0 Å². The van der Waals surface area contributed by atoms with Crippen LogP contribution in [0.4, 0.5) is 0 Å². The predicted molar refractivity (Wildman–Crippen MR) is 70.4 cm³/mol. The third-order valence-corrected chi connectivity index (χ3v) is 2.46. The molecule has 0 saturated carbocycles. The van der Waals surface area contributed by atoms with Crippen LogP contribution in [-0.2, 0) is 11.3 Å². The number of carbonyl (C=O) groups is 1. The first-order valence-corrected chi connectivity index (χ1v) is 5.97. The van der Waals surface area contributed by atoms with E-state index in [-0.39, 0.29) is 18.0 Å². The summed E-state index contributed by atoms with van der Waals surface area (Å²) in [5, 5.41) is 6.77. The van der Waals surface area contributed by atoms with Crippen LogP contribution in [0.1, 0.15) is 6.92 Å². The molecule has 0 unspecified atom stereocenters. The molecule has 1 N–H and O–H groups in total. The molecular formula is C13H14N4O2. The fourth-order valence-corrected chi connectivity index (χ4v) is 1.60. The zero-order valence-electron chi connectivity index (χ0n) is 10.5. The van der Waals surface area contributed by atoms with Crippen molar-refractivity contribution in [3.63, 3.8) is 0 Å². The highest BCUT2D eigenvalue weighted by Gasteiger charge is 2.07. The minimum atomic E-state index is -0.314. The fourth-order valence-electron chi connectivity index (χ4n) is 1.60.